The fourth-order valence-corrected chi connectivity index (χ4v) is 3.03. The van der Waals surface area contributed by atoms with Crippen LogP contribution in [0.25, 0.3) is 0 Å². The molecule has 0 aliphatic heterocycles. The van der Waals surface area contributed by atoms with Crippen molar-refractivity contribution in [3.05, 3.63) is 45.9 Å². The van der Waals surface area contributed by atoms with Crippen molar-refractivity contribution in [1.82, 2.24) is 10.3 Å². The Bertz CT molecular complexity index is 678. The standard InChI is InChI=1S/C13H17N3O2S2/c1-9-8-19-13(16-9)7-15-10(2)11-3-5-12(6-4-11)20(14,17)18/h3-6,8,10,15H,7H2,1-2H3,(H2,14,17,18). The van der Waals surface area contributed by atoms with Crippen LogP contribution in [0, 0.1) is 6.92 Å². The van der Waals surface area contributed by atoms with E-state index >= 15 is 0 Å². The van der Waals surface area contributed by atoms with Gasteiger partial charge in [0, 0.05) is 23.7 Å². The molecule has 0 amide bonds. The molecule has 0 spiro atoms. The molecule has 0 saturated heterocycles. The van der Waals surface area contributed by atoms with Gasteiger partial charge in [-0.05, 0) is 31.5 Å². The maximum atomic E-state index is 11.2. The first-order valence-corrected chi connectivity index (χ1v) is 8.56. The minimum absolute atomic E-state index is 0.105. The smallest absolute Gasteiger partial charge is 0.238 e. The van der Waals surface area contributed by atoms with Gasteiger partial charge in [-0.15, -0.1) is 11.3 Å². The fourth-order valence-electron chi connectivity index (χ4n) is 1.79. The fraction of sp³-hybridized carbons (Fsp3) is 0.308. The number of benzene rings is 1. The number of rotatable bonds is 5. The molecule has 3 N–H and O–H groups in total. The molecule has 2 rings (SSSR count). The van der Waals surface area contributed by atoms with E-state index in [0.29, 0.717) is 6.54 Å². The van der Waals surface area contributed by atoms with E-state index < -0.39 is 10.0 Å². The molecule has 1 heterocycles. The number of aromatic nitrogens is 1. The minimum Gasteiger partial charge on any atom is -0.304 e. The average molecular weight is 311 g/mol. The number of hydrogen-bond acceptors (Lipinski definition) is 5. The van der Waals surface area contributed by atoms with Crippen molar-refractivity contribution in [3.8, 4) is 0 Å². The van der Waals surface area contributed by atoms with Crippen LogP contribution < -0.4 is 10.5 Å². The van der Waals surface area contributed by atoms with Crippen molar-refractivity contribution in [2.45, 2.75) is 31.3 Å². The Morgan fingerprint density at radius 2 is 2.00 bits per heavy atom. The van der Waals surface area contributed by atoms with Gasteiger partial charge in [-0.2, -0.15) is 0 Å². The second-order valence-corrected chi connectivity index (χ2v) is 7.10. The molecule has 7 heteroatoms. The summed E-state index contributed by atoms with van der Waals surface area (Å²) in [5.74, 6) is 0. The number of hydrogen-bond donors (Lipinski definition) is 2. The molecule has 5 nitrogen and oxygen atoms in total. The van der Waals surface area contributed by atoms with E-state index in [4.69, 9.17) is 5.14 Å². The van der Waals surface area contributed by atoms with Crippen molar-refractivity contribution < 1.29 is 8.42 Å². The largest absolute Gasteiger partial charge is 0.304 e. The Kier molecular flexibility index (Phi) is 4.54. The topological polar surface area (TPSA) is 85.1 Å². The minimum atomic E-state index is -3.63. The van der Waals surface area contributed by atoms with Gasteiger partial charge in [0.2, 0.25) is 10.0 Å². The lowest BCUT2D eigenvalue weighted by Crippen LogP contribution is -2.18. The maximum Gasteiger partial charge on any atom is 0.238 e. The lowest BCUT2D eigenvalue weighted by Gasteiger charge is -2.13. The Labute approximate surface area is 122 Å². The Morgan fingerprint density at radius 3 is 2.50 bits per heavy atom. The summed E-state index contributed by atoms with van der Waals surface area (Å²) in [7, 11) is -3.63. The molecule has 0 aliphatic carbocycles. The molecule has 0 radical (unpaired) electrons. The van der Waals surface area contributed by atoms with Crippen LogP contribution in [-0.4, -0.2) is 13.4 Å². The second-order valence-electron chi connectivity index (χ2n) is 4.60. The summed E-state index contributed by atoms with van der Waals surface area (Å²) in [6.07, 6.45) is 0. The summed E-state index contributed by atoms with van der Waals surface area (Å²) in [6, 6.07) is 6.69. The number of nitrogens with one attached hydrogen (secondary N) is 1. The molecular weight excluding hydrogens is 294 g/mol. The van der Waals surface area contributed by atoms with Gasteiger partial charge in [0.1, 0.15) is 5.01 Å². The van der Waals surface area contributed by atoms with Crippen molar-refractivity contribution in [1.29, 1.82) is 0 Å². The van der Waals surface area contributed by atoms with Crippen LogP contribution in [-0.2, 0) is 16.6 Å². The number of nitrogens with zero attached hydrogens (tertiary/aromatic N) is 1. The Morgan fingerprint density at radius 1 is 1.35 bits per heavy atom. The number of thiazole rings is 1. The summed E-state index contributed by atoms with van der Waals surface area (Å²) in [6.45, 7) is 4.68. The van der Waals surface area contributed by atoms with Crippen LogP contribution in [0.2, 0.25) is 0 Å². The molecule has 108 valence electrons. The van der Waals surface area contributed by atoms with Crippen molar-refractivity contribution >= 4 is 21.4 Å². The van der Waals surface area contributed by atoms with Crippen LogP contribution in [0.5, 0.6) is 0 Å². The zero-order valence-electron chi connectivity index (χ0n) is 11.3. The van der Waals surface area contributed by atoms with Gasteiger partial charge < -0.3 is 5.32 Å². The molecule has 1 aromatic carbocycles. The van der Waals surface area contributed by atoms with E-state index in [-0.39, 0.29) is 10.9 Å². The van der Waals surface area contributed by atoms with Gasteiger partial charge in [-0.3, -0.25) is 0 Å². The van der Waals surface area contributed by atoms with E-state index in [0.717, 1.165) is 16.3 Å². The molecule has 0 fully saturated rings. The summed E-state index contributed by atoms with van der Waals surface area (Å²) >= 11 is 1.62. The van der Waals surface area contributed by atoms with Gasteiger partial charge in [0.25, 0.3) is 0 Å². The zero-order valence-corrected chi connectivity index (χ0v) is 13.0. The molecule has 2 aromatic rings. The summed E-state index contributed by atoms with van der Waals surface area (Å²) < 4.78 is 22.4. The highest BCUT2D eigenvalue weighted by atomic mass is 32.2. The molecular formula is C13H17N3O2S2. The van der Waals surface area contributed by atoms with E-state index in [1.165, 1.54) is 12.1 Å². The Hall–Kier alpha value is -1.28. The SMILES string of the molecule is Cc1csc(CNC(C)c2ccc(S(N)(=O)=O)cc2)n1. The second kappa shape index (κ2) is 6.01. The summed E-state index contributed by atoms with van der Waals surface area (Å²) in [5.41, 5.74) is 2.03. The lowest BCUT2D eigenvalue weighted by atomic mass is 10.1. The van der Waals surface area contributed by atoms with Gasteiger partial charge in [0.15, 0.2) is 0 Å². The van der Waals surface area contributed by atoms with E-state index in [1.54, 1.807) is 23.5 Å². The zero-order chi connectivity index (χ0) is 14.8. The van der Waals surface area contributed by atoms with Gasteiger partial charge >= 0.3 is 0 Å². The first-order chi connectivity index (χ1) is 9.36. The highest BCUT2D eigenvalue weighted by Gasteiger charge is 2.10. The number of aryl methyl sites for hydroxylation is 1. The van der Waals surface area contributed by atoms with Crippen LogP contribution in [0.3, 0.4) is 0 Å². The molecule has 0 aliphatic rings. The third kappa shape index (κ3) is 3.86. The molecule has 0 saturated carbocycles. The molecule has 1 atom stereocenters. The number of primary sulfonamides is 1. The van der Waals surface area contributed by atoms with Crippen molar-refractivity contribution in [2.75, 3.05) is 0 Å². The predicted octanol–water partition coefficient (Wildman–Crippen LogP) is 1.95. The van der Waals surface area contributed by atoms with Crippen molar-refractivity contribution in [2.24, 2.45) is 5.14 Å². The third-order valence-electron chi connectivity index (χ3n) is 2.93. The number of sulfonamides is 1. The van der Waals surface area contributed by atoms with E-state index in [9.17, 15) is 8.42 Å². The Balaban J connectivity index is 2.00. The molecule has 20 heavy (non-hydrogen) atoms. The first-order valence-electron chi connectivity index (χ1n) is 6.13. The number of nitrogens with two attached hydrogens (primary N) is 1. The third-order valence-corrected chi connectivity index (χ3v) is 4.83. The van der Waals surface area contributed by atoms with Crippen molar-refractivity contribution in [3.63, 3.8) is 0 Å². The van der Waals surface area contributed by atoms with Crippen LogP contribution >= 0.6 is 11.3 Å². The van der Waals surface area contributed by atoms with Crippen LogP contribution in [0.15, 0.2) is 34.5 Å². The van der Waals surface area contributed by atoms with E-state index in [1.807, 2.05) is 19.2 Å². The first kappa shape index (κ1) is 15.1. The summed E-state index contributed by atoms with van der Waals surface area (Å²) in [5, 5.41) is 11.5. The normalized spacial score (nSPS) is 13.3. The highest BCUT2D eigenvalue weighted by Crippen LogP contribution is 2.17. The highest BCUT2D eigenvalue weighted by molar-refractivity contribution is 7.89. The predicted molar refractivity (Wildman–Crippen MR) is 79.9 cm³/mol. The van der Waals surface area contributed by atoms with Gasteiger partial charge in [-0.1, -0.05) is 12.1 Å². The monoisotopic (exact) mass is 311 g/mol. The molecule has 1 aromatic heterocycles. The van der Waals surface area contributed by atoms with E-state index in [2.05, 4.69) is 10.3 Å². The molecule has 1 unspecified atom stereocenters. The average Bonchev–Trinajstić information content (AvgIpc) is 2.81. The molecule has 0 bridgehead atoms. The van der Waals surface area contributed by atoms with Crippen LogP contribution in [0.1, 0.15) is 29.2 Å². The quantitative estimate of drug-likeness (QED) is 0.884. The van der Waals surface area contributed by atoms with Crippen LogP contribution in [0.4, 0.5) is 0 Å². The van der Waals surface area contributed by atoms with Gasteiger partial charge in [0.05, 0.1) is 4.90 Å². The maximum absolute atomic E-state index is 11.2. The summed E-state index contributed by atoms with van der Waals surface area (Å²) in [4.78, 5) is 4.51. The lowest BCUT2D eigenvalue weighted by molar-refractivity contribution is 0.572. The van der Waals surface area contributed by atoms with Gasteiger partial charge in [-0.25, -0.2) is 18.5 Å².